The second kappa shape index (κ2) is 4.21. The minimum atomic E-state index is -0.386. The van der Waals surface area contributed by atoms with Crippen LogP contribution in [0.2, 0.25) is 0 Å². The molecule has 2 aromatic rings. The maximum absolute atomic E-state index is 10.2. The fraction of sp³-hybridized carbons (Fsp3) is 0.200. The summed E-state index contributed by atoms with van der Waals surface area (Å²) in [6.07, 6.45) is 0.322. The van der Waals surface area contributed by atoms with Gasteiger partial charge >= 0.3 is 0 Å². The second-order valence-electron chi connectivity index (χ2n) is 4.47. The number of hydrogen-bond acceptors (Lipinski definition) is 2. The van der Waals surface area contributed by atoms with Crippen LogP contribution in [0.3, 0.4) is 0 Å². The largest absolute Gasteiger partial charge is 0.388 e. The van der Waals surface area contributed by atoms with Gasteiger partial charge < -0.3 is 5.11 Å². The summed E-state index contributed by atoms with van der Waals surface area (Å²) in [5.74, 6) is 0. The summed E-state index contributed by atoms with van der Waals surface area (Å²) in [4.78, 5) is 2.44. The van der Waals surface area contributed by atoms with E-state index in [9.17, 15) is 5.11 Å². The zero-order chi connectivity index (χ0) is 11.8. The Morgan fingerprint density at radius 1 is 1.12 bits per heavy atom. The first-order valence-corrected chi connectivity index (χ1v) is 6.60. The van der Waals surface area contributed by atoms with Crippen LogP contribution in [-0.2, 0) is 6.42 Å². The van der Waals surface area contributed by atoms with Crippen LogP contribution in [0.5, 0.6) is 0 Å². The lowest BCUT2D eigenvalue weighted by Crippen LogP contribution is -2.01. The van der Waals surface area contributed by atoms with Gasteiger partial charge in [-0.05, 0) is 35.7 Å². The third-order valence-corrected chi connectivity index (χ3v) is 4.33. The molecule has 0 unspecified atom stereocenters. The SMILES string of the molecule is Cc1ccc2c(c1)Sc1ccccc1[C@@H](O)C2. The van der Waals surface area contributed by atoms with Crippen molar-refractivity contribution in [3.63, 3.8) is 0 Å². The quantitative estimate of drug-likeness (QED) is 0.759. The van der Waals surface area contributed by atoms with Gasteiger partial charge in [-0.1, -0.05) is 42.1 Å². The van der Waals surface area contributed by atoms with Crippen LogP contribution >= 0.6 is 11.8 Å². The van der Waals surface area contributed by atoms with Gasteiger partial charge in [0.2, 0.25) is 0 Å². The van der Waals surface area contributed by atoms with E-state index in [0.29, 0.717) is 6.42 Å². The van der Waals surface area contributed by atoms with E-state index >= 15 is 0 Å². The molecule has 1 aliphatic rings. The van der Waals surface area contributed by atoms with Crippen molar-refractivity contribution in [1.29, 1.82) is 0 Å². The summed E-state index contributed by atoms with van der Waals surface area (Å²) < 4.78 is 0. The number of aliphatic hydroxyl groups is 1. The Balaban J connectivity index is 2.14. The average molecular weight is 242 g/mol. The van der Waals surface area contributed by atoms with Crippen molar-refractivity contribution in [1.82, 2.24) is 0 Å². The third kappa shape index (κ3) is 1.99. The van der Waals surface area contributed by atoms with Crippen molar-refractivity contribution in [2.75, 3.05) is 0 Å². The van der Waals surface area contributed by atoms with E-state index in [-0.39, 0.29) is 6.10 Å². The van der Waals surface area contributed by atoms with Gasteiger partial charge in [-0.25, -0.2) is 0 Å². The predicted octanol–water partition coefficient (Wildman–Crippen LogP) is 3.74. The lowest BCUT2D eigenvalue weighted by Gasteiger charge is -2.10. The van der Waals surface area contributed by atoms with Crippen molar-refractivity contribution in [3.05, 3.63) is 59.2 Å². The van der Waals surface area contributed by atoms with Crippen LogP contribution in [0.1, 0.15) is 22.8 Å². The van der Waals surface area contributed by atoms with Crippen LogP contribution in [0.25, 0.3) is 0 Å². The molecule has 0 amide bonds. The fourth-order valence-electron chi connectivity index (χ4n) is 2.21. The molecule has 1 aliphatic heterocycles. The molecule has 1 heterocycles. The lowest BCUT2D eigenvalue weighted by atomic mass is 10.0. The Labute approximate surface area is 105 Å². The van der Waals surface area contributed by atoms with Crippen LogP contribution in [-0.4, -0.2) is 5.11 Å². The second-order valence-corrected chi connectivity index (χ2v) is 5.55. The molecule has 17 heavy (non-hydrogen) atoms. The first-order valence-electron chi connectivity index (χ1n) is 5.78. The average Bonchev–Trinajstić information content (AvgIpc) is 2.46. The molecule has 0 bridgehead atoms. The van der Waals surface area contributed by atoms with Gasteiger partial charge in [0, 0.05) is 16.2 Å². The molecular formula is C15H14OS. The van der Waals surface area contributed by atoms with E-state index in [1.165, 1.54) is 20.9 Å². The highest BCUT2D eigenvalue weighted by atomic mass is 32.2. The summed E-state index contributed by atoms with van der Waals surface area (Å²) in [6, 6.07) is 14.6. The molecule has 0 saturated heterocycles. The molecule has 1 atom stereocenters. The molecule has 2 heteroatoms. The zero-order valence-corrected chi connectivity index (χ0v) is 10.5. The zero-order valence-electron chi connectivity index (χ0n) is 9.68. The number of rotatable bonds is 0. The Hall–Kier alpha value is -1.25. The van der Waals surface area contributed by atoms with Gasteiger partial charge in [-0.15, -0.1) is 0 Å². The van der Waals surface area contributed by atoms with Crippen LogP contribution in [0.4, 0.5) is 0 Å². The molecule has 0 aliphatic carbocycles. The van der Waals surface area contributed by atoms with Crippen molar-refractivity contribution >= 4 is 11.8 Å². The summed E-state index contributed by atoms with van der Waals surface area (Å²) in [5, 5.41) is 10.2. The minimum Gasteiger partial charge on any atom is -0.388 e. The molecule has 0 aromatic heterocycles. The number of benzene rings is 2. The van der Waals surface area contributed by atoms with Crippen molar-refractivity contribution < 1.29 is 5.11 Å². The number of fused-ring (bicyclic) bond motifs is 2. The van der Waals surface area contributed by atoms with E-state index in [1.54, 1.807) is 11.8 Å². The molecule has 3 rings (SSSR count). The van der Waals surface area contributed by atoms with E-state index in [0.717, 1.165) is 5.56 Å². The Morgan fingerprint density at radius 2 is 1.94 bits per heavy atom. The molecule has 0 radical (unpaired) electrons. The van der Waals surface area contributed by atoms with E-state index in [1.807, 2.05) is 18.2 Å². The highest BCUT2D eigenvalue weighted by Crippen LogP contribution is 2.40. The standard InChI is InChI=1S/C15H14OS/c1-10-6-7-11-9-13(16)12-4-2-3-5-14(12)17-15(11)8-10/h2-8,13,16H,9H2,1H3/t13-/m0/s1. The fourth-order valence-corrected chi connectivity index (χ4v) is 3.44. The first-order chi connectivity index (χ1) is 8.24. The van der Waals surface area contributed by atoms with Crippen LogP contribution < -0.4 is 0 Å². The molecule has 1 nitrogen and oxygen atoms in total. The van der Waals surface area contributed by atoms with E-state index in [2.05, 4.69) is 31.2 Å². The van der Waals surface area contributed by atoms with Crippen LogP contribution in [0.15, 0.2) is 52.3 Å². The topological polar surface area (TPSA) is 20.2 Å². The summed E-state index contributed by atoms with van der Waals surface area (Å²) in [7, 11) is 0. The molecule has 2 aromatic carbocycles. The highest BCUT2D eigenvalue weighted by molar-refractivity contribution is 7.99. The monoisotopic (exact) mass is 242 g/mol. The molecule has 1 N–H and O–H groups in total. The Bertz CT molecular complexity index is 563. The smallest absolute Gasteiger partial charge is 0.0841 e. The maximum atomic E-state index is 10.2. The minimum absolute atomic E-state index is 0.386. The Morgan fingerprint density at radius 3 is 2.82 bits per heavy atom. The van der Waals surface area contributed by atoms with Gasteiger partial charge in [0.05, 0.1) is 6.10 Å². The van der Waals surface area contributed by atoms with Gasteiger partial charge in [-0.2, -0.15) is 0 Å². The van der Waals surface area contributed by atoms with Gasteiger partial charge in [0.25, 0.3) is 0 Å². The predicted molar refractivity (Wildman–Crippen MR) is 70.4 cm³/mol. The van der Waals surface area contributed by atoms with E-state index in [4.69, 9.17) is 0 Å². The molecule has 0 fully saturated rings. The molecule has 86 valence electrons. The van der Waals surface area contributed by atoms with Crippen LogP contribution in [0, 0.1) is 6.92 Å². The summed E-state index contributed by atoms with van der Waals surface area (Å²) in [6.45, 7) is 2.11. The summed E-state index contributed by atoms with van der Waals surface area (Å²) >= 11 is 1.76. The van der Waals surface area contributed by atoms with Gasteiger partial charge in [-0.3, -0.25) is 0 Å². The van der Waals surface area contributed by atoms with Gasteiger partial charge in [0.15, 0.2) is 0 Å². The third-order valence-electron chi connectivity index (χ3n) is 3.13. The Kier molecular flexibility index (Phi) is 2.69. The van der Waals surface area contributed by atoms with Crippen molar-refractivity contribution in [2.24, 2.45) is 0 Å². The number of aryl methyl sites for hydroxylation is 1. The summed E-state index contributed by atoms with van der Waals surface area (Å²) in [5.41, 5.74) is 3.56. The molecular weight excluding hydrogens is 228 g/mol. The normalized spacial score (nSPS) is 18.1. The van der Waals surface area contributed by atoms with E-state index < -0.39 is 0 Å². The highest BCUT2D eigenvalue weighted by Gasteiger charge is 2.20. The van der Waals surface area contributed by atoms with Crippen molar-refractivity contribution in [3.8, 4) is 0 Å². The first kappa shape index (κ1) is 10.9. The lowest BCUT2D eigenvalue weighted by molar-refractivity contribution is 0.175. The molecule has 0 saturated carbocycles. The van der Waals surface area contributed by atoms with Crippen molar-refractivity contribution in [2.45, 2.75) is 29.2 Å². The number of hydrogen-bond donors (Lipinski definition) is 1. The number of aliphatic hydroxyl groups excluding tert-OH is 1. The maximum Gasteiger partial charge on any atom is 0.0841 e. The molecule has 0 spiro atoms. The van der Waals surface area contributed by atoms with Gasteiger partial charge in [0.1, 0.15) is 0 Å².